The van der Waals surface area contributed by atoms with Gasteiger partial charge in [-0.2, -0.15) is 5.10 Å². The average Bonchev–Trinajstić information content (AvgIpc) is 2.93. The highest BCUT2D eigenvalue weighted by Crippen LogP contribution is 2.25. The van der Waals surface area contributed by atoms with E-state index in [4.69, 9.17) is 0 Å². The molecule has 0 bridgehead atoms. The average molecular weight is 272 g/mol. The van der Waals surface area contributed by atoms with Gasteiger partial charge in [-0.05, 0) is 32.0 Å². The molecule has 2 heterocycles. The van der Waals surface area contributed by atoms with Crippen LogP contribution < -0.4 is 5.32 Å². The van der Waals surface area contributed by atoms with Gasteiger partial charge in [0.15, 0.2) is 0 Å². The van der Waals surface area contributed by atoms with Crippen molar-refractivity contribution in [2.24, 2.45) is 0 Å². The lowest BCUT2D eigenvalue weighted by atomic mass is 10.2. The summed E-state index contributed by atoms with van der Waals surface area (Å²) in [5.41, 5.74) is 3.04. The minimum Gasteiger partial charge on any atom is -0.322 e. The van der Waals surface area contributed by atoms with Crippen molar-refractivity contribution >= 4 is 33.1 Å². The Labute approximate surface area is 113 Å². The second-order valence-corrected chi connectivity index (χ2v) is 5.51. The van der Waals surface area contributed by atoms with Crippen LogP contribution in [0.5, 0.6) is 0 Å². The van der Waals surface area contributed by atoms with E-state index in [1.165, 1.54) is 6.20 Å². The predicted octanol–water partition coefficient (Wildman–Crippen LogP) is 2.89. The summed E-state index contributed by atoms with van der Waals surface area (Å²) < 4.78 is 1.07. The number of aryl methyl sites for hydroxylation is 2. The van der Waals surface area contributed by atoms with E-state index in [1.807, 2.05) is 32.0 Å². The molecule has 0 saturated carbocycles. The number of rotatable bonds is 2. The van der Waals surface area contributed by atoms with Crippen LogP contribution in [0.4, 0.5) is 5.69 Å². The standard InChI is InChI=1S/C13H12N4OS/c1-7-10(6-14-17-7)13(18)16-9-3-4-11-12(5-9)19-8(2)15-11/h3-6H,1-2H3,(H,14,17)(H,16,18). The maximum atomic E-state index is 12.1. The molecule has 19 heavy (non-hydrogen) atoms. The Morgan fingerprint density at radius 2 is 2.21 bits per heavy atom. The number of hydrogen-bond acceptors (Lipinski definition) is 4. The molecule has 6 heteroatoms. The first-order valence-corrected chi connectivity index (χ1v) is 6.63. The van der Waals surface area contributed by atoms with Crippen molar-refractivity contribution in [3.8, 4) is 0 Å². The number of hydrogen-bond donors (Lipinski definition) is 2. The smallest absolute Gasteiger partial charge is 0.259 e. The van der Waals surface area contributed by atoms with Gasteiger partial charge in [-0.3, -0.25) is 9.89 Å². The van der Waals surface area contributed by atoms with Gasteiger partial charge in [-0.25, -0.2) is 4.98 Å². The molecule has 1 amide bonds. The highest BCUT2D eigenvalue weighted by atomic mass is 32.1. The first-order valence-electron chi connectivity index (χ1n) is 5.82. The van der Waals surface area contributed by atoms with Gasteiger partial charge in [0, 0.05) is 11.4 Å². The number of thiazole rings is 1. The van der Waals surface area contributed by atoms with Crippen LogP contribution in [-0.2, 0) is 0 Å². The van der Waals surface area contributed by atoms with E-state index < -0.39 is 0 Å². The third-order valence-corrected chi connectivity index (χ3v) is 3.76. The molecule has 1 aromatic carbocycles. The zero-order valence-corrected chi connectivity index (χ0v) is 11.3. The number of nitrogens with zero attached hydrogens (tertiary/aromatic N) is 2. The van der Waals surface area contributed by atoms with Crippen LogP contribution in [0.3, 0.4) is 0 Å². The van der Waals surface area contributed by atoms with Crippen molar-refractivity contribution in [2.45, 2.75) is 13.8 Å². The fourth-order valence-corrected chi connectivity index (χ4v) is 2.76. The molecule has 0 fully saturated rings. The van der Waals surface area contributed by atoms with E-state index in [0.29, 0.717) is 5.56 Å². The Kier molecular flexibility index (Phi) is 2.79. The van der Waals surface area contributed by atoms with Crippen LogP contribution in [0.25, 0.3) is 10.2 Å². The van der Waals surface area contributed by atoms with Crippen LogP contribution >= 0.6 is 11.3 Å². The number of aromatic nitrogens is 3. The third kappa shape index (κ3) is 2.22. The van der Waals surface area contributed by atoms with Crippen molar-refractivity contribution in [1.29, 1.82) is 0 Å². The van der Waals surface area contributed by atoms with Crippen LogP contribution in [0.2, 0.25) is 0 Å². The molecule has 0 unspecified atom stereocenters. The van der Waals surface area contributed by atoms with Crippen molar-refractivity contribution in [3.63, 3.8) is 0 Å². The Hall–Kier alpha value is -2.21. The van der Waals surface area contributed by atoms with E-state index in [2.05, 4.69) is 20.5 Å². The summed E-state index contributed by atoms with van der Waals surface area (Å²) in [6.07, 6.45) is 1.53. The molecular formula is C13H12N4OS. The molecule has 96 valence electrons. The molecular weight excluding hydrogens is 260 g/mol. The molecule has 2 N–H and O–H groups in total. The molecule has 0 aliphatic rings. The number of carbonyl (C=O) groups is 1. The Morgan fingerprint density at radius 1 is 1.37 bits per heavy atom. The maximum absolute atomic E-state index is 12.1. The van der Waals surface area contributed by atoms with E-state index in [-0.39, 0.29) is 5.91 Å². The molecule has 0 aliphatic heterocycles. The summed E-state index contributed by atoms with van der Waals surface area (Å²) in [7, 11) is 0. The molecule has 5 nitrogen and oxygen atoms in total. The van der Waals surface area contributed by atoms with Gasteiger partial charge < -0.3 is 5.32 Å². The van der Waals surface area contributed by atoms with Gasteiger partial charge >= 0.3 is 0 Å². The highest BCUT2D eigenvalue weighted by molar-refractivity contribution is 7.18. The monoisotopic (exact) mass is 272 g/mol. The number of fused-ring (bicyclic) bond motifs is 1. The van der Waals surface area contributed by atoms with Crippen LogP contribution in [0.15, 0.2) is 24.4 Å². The Balaban J connectivity index is 1.89. The molecule has 0 saturated heterocycles. The van der Waals surface area contributed by atoms with Gasteiger partial charge in [-0.15, -0.1) is 11.3 Å². The lowest BCUT2D eigenvalue weighted by Gasteiger charge is -2.04. The number of amides is 1. The van der Waals surface area contributed by atoms with Gasteiger partial charge in [0.25, 0.3) is 5.91 Å². The molecule has 2 aromatic heterocycles. The van der Waals surface area contributed by atoms with E-state index >= 15 is 0 Å². The first kappa shape index (κ1) is 11.9. The number of H-pyrrole nitrogens is 1. The molecule has 0 aliphatic carbocycles. The van der Waals surface area contributed by atoms with Crippen molar-refractivity contribution in [3.05, 3.63) is 40.7 Å². The molecule has 0 radical (unpaired) electrons. The van der Waals surface area contributed by atoms with Crippen LogP contribution in [0, 0.1) is 13.8 Å². The number of nitrogens with one attached hydrogen (secondary N) is 2. The maximum Gasteiger partial charge on any atom is 0.259 e. The van der Waals surface area contributed by atoms with Crippen molar-refractivity contribution in [2.75, 3.05) is 5.32 Å². The normalized spacial score (nSPS) is 10.8. The van der Waals surface area contributed by atoms with Crippen LogP contribution in [0.1, 0.15) is 21.1 Å². The summed E-state index contributed by atoms with van der Waals surface area (Å²) in [6.45, 7) is 3.79. The summed E-state index contributed by atoms with van der Waals surface area (Å²) in [5, 5.41) is 10.5. The van der Waals surface area contributed by atoms with E-state index in [1.54, 1.807) is 11.3 Å². The number of anilines is 1. The topological polar surface area (TPSA) is 70.7 Å². The molecule has 0 atom stereocenters. The second kappa shape index (κ2) is 4.47. The SMILES string of the molecule is Cc1nc2ccc(NC(=O)c3cn[nH]c3C)cc2s1. The second-order valence-electron chi connectivity index (χ2n) is 4.28. The van der Waals surface area contributed by atoms with Gasteiger partial charge in [0.2, 0.25) is 0 Å². The molecule has 0 spiro atoms. The third-order valence-electron chi connectivity index (χ3n) is 2.83. The largest absolute Gasteiger partial charge is 0.322 e. The Bertz CT molecular complexity index is 759. The molecule has 3 aromatic rings. The Morgan fingerprint density at radius 3 is 2.95 bits per heavy atom. The summed E-state index contributed by atoms with van der Waals surface area (Å²) in [4.78, 5) is 16.4. The summed E-state index contributed by atoms with van der Waals surface area (Å²) in [5.74, 6) is -0.160. The van der Waals surface area contributed by atoms with Gasteiger partial charge in [0.1, 0.15) is 0 Å². The number of benzene rings is 1. The lowest BCUT2D eigenvalue weighted by molar-refractivity contribution is 0.102. The quantitative estimate of drug-likeness (QED) is 0.753. The zero-order chi connectivity index (χ0) is 13.4. The zero-order valence-electron chi connectivity index (χ0n) is 10.5. The first-order chi connectivity index (χ1) is 9.13. The summed E-state index contributed by atoms with van der Waals surface area (Å²) >= 11 is 1.61. The van der Waals surface area contributed by atoms with E-state index in [0.717, 1.165) is 26.6 Å². The summed E-state index contributed by atoms with van der Waals surface area (Å²) in [6, 6.07) is 5.71. The minimum absolute atomic E-state index is 0.160. The highest BCUT2D eigenvalue weighted by Gasteiger charge is 2.11. The molecule has 3 rings (SSSR count). The predicted molar refractivity (Wildman–Crippen MR) is 75.6 cm³/mol. The lowest BCUT2D eigenvalue weighted by Crippen LogP contribution is -2.12. The number of carbonyl (C=O) groups excluding carboxylic acids is 1. The van der Waals surface area contributed by atoms with Gasteiger partial charge in [-0.1, -0.05) is 0 Å². The number of aromatic amines is 1. The van der Waals surface area contributed by atoms with Crippen molar-refractivity contribution in [1.82, 2.24) is 15.2 Å². The van der Waals surface area contributed by atoms with Gasteiger partial charge in [0.05, 0.1) is 27.0 Å². The fraction of sp³-hybridized carbons (Fsp3) is 0.154. The van der Waals surface area contributed by atoms with Crippen molar-refractivity contribution < 1.29 is 4.79 Å². The van der Waals surface area contributed by atoms with E-state index in [9.17, 15) is 4.79 Å². The van der Waals surface area contributed by atoms with Crippen LogP contribution in [-0.4, -0.2) is 21.1 Å². The fourth-order valence-electron chi connectivity index (χ4n) is 1.90. The minimum atomic E-state index is -0.160.